The van der Waals surface area contributed by atoms with Gasteiger partial charge < -0.3 is 30.1 Å². The Morgan fingerprint density at radius 3 is 2.54 bits per heavy atom. The van der Waals surface area contributed by atoms with Crippen molar-refractivity contribution in [3.8, 4) is 0 Å². The highest BCUT2D eigenvalue weighted by atomic mass is 16.6. The van der Waals surface area contributed by atoms with Crippen molar-refractivity contribution in [3.63, 3.8) is 0 Å². The molecular weight excluding hydrogens is 446 g/mol. The van der Waals surface area contributed by atoms with Crippen LogP contribution in [-0.2, 0) is 4.74 Å². The van der Waals surface area contributed by atoms with Gasteiger partial charge in [0.2, 0.25) is 0 Å². The first-order chi connectivity index (χ1) is 16.2. The van der Waals surface area contributed by atoms with Crippen LogP contribution in [0.4, 0.5) is 4.79 Å². The molecule has 7 nitrogen and oxygen atoms in total. The number of ether oxygens (including phenoxy) is 1. The molecule has 1 unspecified atom stereocenters. The maximum atomic E-state index is 13.4. The van der Waals surface area contributed by atoms with E-state index in [1.54, 1.807) is 17.9 Å². The molecule has 0 aromatic carbocycles. The zero-order valence-corrected chi connectivity index (χ0v) is 22.0. The lowest BCUT2D eigenvalue weighted by atomic mass is 9.58. The van der Waals surface area contributed by atoms with Crippen LogP contribution in [0, 0.1) is 39.9 Å². The van der Waals surface area contributed by atoms with Crippen molar-refractivity contribution in [2.75, 3.05) is 19.7 Å². The summed E-state index contributed by atoms with van der Waals surface area (Å²) in [6.07, 6.45) is 2.29. The molecule has 2 bridgehead atoms. The maximum Gasteiger partial charge on any atom is 0.410 e. The summed E-state index contributed by atoms with van der Waals surface area (Å²) in [6, 6.07) is 0. The molecule has 3 fully saturated rings. The number of aliphatic hydroxyl groups excluding tert-OH is 3. The third kappa shape index (κ3) is 3.27. The van der Waals surface area contributed by atoms with Crippen LogP contribution < -0.4 is 0 Å². The van der Waals surface area contributed by atoms with Gasteiger partial charge in [0, 0.05) is 19.0 Å². The molecule has 4 N–H and O–H groups in total. The molecule has 1 spiro atoms. The number of hydrogen-bond acceptors (Lipinski definition) is 6. The van der Waals surface area contributed by atoms with Crippen LogP contribution in [-0.4, -0.2) is 75.0 Å². The Morgan fingerprint density at radius 1 is 1.23 bits per heavy atom. The molecule has 1 heterocycles. The molecule has 196 valence electrons. The van der Waals surface area contributed by atoms with Crippen LogP contribution in [0.1, 0.15) is 60.8 Å². The average molecular weight is 490 g/mol. The second-order valence-electron chi connectivity index (χ2n) is 13.5. The molecule has 2 saturated carbocycles. The summed E-state index contributed by atoms with van der Waals surface area (Å²) >= 11 is 0. The van der Waals surface area contributed by atoms with Gasteiger partial charge in [-0.05, 0) is 65.9 Å². The molecule has 5 rings (SSSR count). The van der Waals surface area contributed by atoms with Gasteiger partial charge in [-0.15, -0.1) is 0 Å². The summed E-state index contributed by atoms with van der Waals surface area (Å²) in [6.45, 7) is 13.2. The van der Waals surface area contributed by atoms with Gasteiger partial charge in [-0.3, -0.25) is 0 Å². The number of hydrogen-bond donors (Lipinski definition) is 4. The zero-order valence-electron chi connectivity index (χ0n) is 22.0. The fourth-order valence-electron chi connectivity index (χ4n) is 8.66. The molecule has 0 radical (unpaired) electrons. The first-order valence-corrected chi connectivity index (χ1v) is 13.3. The monoisotopic (exact) mass is 489 g/mol. The van der Waals surface area contributed by atoms with E-state index in [0.717, 1.165) is 19.3 Å². The van der Waals surface area contributed by atoms with Gasteiger partial charge in [0.1, 0.15) is 11.7 Å². The molecule has 0 aromatic rings. The molecule has 7 heteroatoms. The van der Waals surface area contributed by atoms with Gasteiger partial charge in [-0.1, -0.05) is 46.8 Å². The minimum atomic E-state index is -1.99. The van der Waals surface area contributed by atoms with Crippen LogP contribution in [0.25, 0.3) is 0 Å². The number of rotatable bonds is 2. The number of carbonyl (C=O) groups excluding carboxylic acids is 1. The van der Waals surface area contributed by atoms with Crippen molar-refractivity contribution in [3.05, 3.63) is 23.3 Å². The van der Waals surface area contributed by atoms with Gasteiger partial charge in [0.25, 0.3) is 0 Å². The Hall–Kier alpha value is -1.41. The minimum absolute atomic E-state index is 0.0162. The Kier molecular flexibility index (Phi) is 5.62. The SMILES string of the molecule is CC1=C[C@]23C(O)[C@@H](C=C(CO)[C@@H](O)[C@]2(O)[C@H]1OC(=O)N1CCCC(C)(C)C1)[C@H]1[C@@H](C[C@H]3C)C1(C)C. The second-order valence-corrected chi connectivity index (χ2v) is 13.5. The number of nitrogens with zero attached hydrogens (tertiary/aromatic N) is 1. The van der Waals surface area contributed by atoms with Crippen molar-refractivity contribution in [2.45, 2.75) is 84.7 Å². The van der Waals surface area contributed by atoms with Crippen LogP contribution >= 0.6 is 0 Å². The smallest absolute Gasteiger partial charge is 0.410 e. The summed E-state index contributed by atoms with van der Waals surface area (Å²) in [5.74, 6) is 0.0852. The molecule has 1 saturated heterocycles. The predicted molar refractivity (Wildman–Crippen MR) is 131 cm³/mol. The Morgan fingerprint density at radius 2 is 1.91 bits per heavy atom. The van der Waals surface area contributed by atoms with E-state index in [4.69, 9.17) is 4.74 Å². The molecule has 9 atom stereocenters. The number of aliphatic hydroxyl groups is 4. The second kappa shape index (κ2) is 7.80. The van der Waals surface area contributed by atoms with Gasteiger partial charge >= 0.3 is 6.09 Å². The maximum absolute atomic E-state index is 13.4. The normalized spacial score (nSPS) is 47.5. The number of amides is 1. The van der Waals surface area contributed by atoms with Crippen LogP contribution in [0.2, 0.25) is 0 Å². The average Bonchev–Trinajstić information content (AvgIpc) is 3.27. The van der Waals surface area contributed by atoms with E-state index in [1.807, 2.05) is 13.0 Å². The Balaban J connectivity index is 1.56. The van der Waals surface area contributed by atoms with E-state index in [0.29, 0.717) is 24.6 Å². The van der Waals surface area contributed by atoms with Crippen molar-refractivity contribution in [1.29, 1.82) is 0 Å². The minimum Gasteiger partial charge on any atom is -0.438 e. The quantitative estimate of drug-likeness (QED) is 0.444. The summed E-state index contributed by atoms with van der Waals surface area (Å²) in [5.41, 5.74) is -2.24. The lowest BCUT2D eigenvalue weighted by Gasteiger charge is -2.52. The highest BCUT2D eigenvalue weighted by Gasteiger charge is 2.76. The molecular formula is C28H43NO6. The molecule has 0 aromatic heterocycles. The molecule has 1 amide bonds. The van der Waals surface area contributed by atoms with Gasteiger partial charge in [-0.2, -0.15) is 0 Å². The lowest BCUT2D eigenvalue weighted by molar-refractivity contribution is -0.216. The van der Waals surface area contributed by atoms with Crippen molar-refractivity contribution < 1.29 is 30.0 Å². The number of carbonyl (C=O) groups is 1. The van der Waals surface area contributed by atoms with E-state index < -0.39 is 42.0 Å². The van der Waals surface area contributed by atoms with Gasteiger partial charge in [0.15, 0.2) is 6.10 Å². The topological polar surface area (TPSA) is 110 Å². The summed E-state index contributed by atoms with van der Waals surface area (Å²) in [4.78, 5) is 15.0. The van der Waals surface area contributed by atoms with Crippen LogP contribution in [0.15, 0.2) is 23.3 Å². The Bertz CT molecular complexity index is 970. The largest absolute Gasteiger partial charge is 0.438 e. The first-order valence-electron chi connectivity index (χ1n) is 13.3. The Labute approximate surface area is 208 Å². The molecule has 35 heavy (non-hydrogen) atoms. The highest BCUT2D eigenvalue weighted by molar-refractivity contribution is 5.69. The molecule has 5 aliphatic rings. The molecule has 1 aliphatic heterocycles. The zero-order chi connectivity index (χ0) is 25.7. The summed E-state index contributed by atoms with van der Waals surface area (Å²) in [5, 5.41) is 46.4. The van der Waals surface area contributed by atoms with Crippen molar-refractivity contribution >= 4 is 6.09 Å². The highest BCUT2D eigenvalue weighted by Crippen LogP contribution is 2.72. The number of likely N-dealkylation sites (tertiary alicyclic amines) is 1. The number of fused-ring (bicyclic) bond motifs is 3. The van der Waals surface area contributed by atoms with E-state index in [-0.39, 0.29) is 34.2 Å². The predicted octanol–water partition coefficient (Wildman–Crippen LogP) is 2.87. The lowest BCUT2D eigenvalue weighted by Crippen LogP contribution is -2.67. The first kappa shape index (κ1) is 25.2. The summed E-state index contributed by atoms with van der Waals surface area (Å²) < 4.78 is 6.04. The van der Waals surface area contributed by atoms with E-state index in [9.17, 15) is 25.2 Å². The summed E-state index contributed by atoms with van der Waals surface area (Å²) in [7, 11) is 0. The fraction of sp³-hybridized carbons (Fsp3) is 0.821. The van der Waals surface area contributed by atoms with Gasteiger partial charge in [-0.25, -0.2) is 4.79 Å². The van der Waals surface area contributed by atoms with E-state index in [2.05, 4.69) is 27.7 Å². The van der Waals surface area contributed by atoms with E-state index >= 15 is 0 Å². The number of piperidine rings is 1. The van der Waals surface area contributed by atoms with Crippen LogP contribution in [0.3, 0.4) is 0 Å². The van der Waals surface area contributed by atoms with Crippen molar-refractivity contribution in [1.82, 2.24) is 4.90 Å². The fourth-order valence-corrected chi connectivity index (χ4v) is 8.66. The third-order valence-electron chi connectivity index (χ3n) is 10.5. The van der Waals surface area contributed by atoms with Crippen molar-refractivity contribution in [2.24, 2.45) is 39.9 Å². The van der Waals surface area contributed by atoms with Gasteiger partial charge in [0.05, 0.1) is 18.1 Å². The van der Waals surface area contributed by atoms with E-state index in [1.165, 1.54) is 0 Å². The molecule has 4 aliphatic carbocycles. The standard InChI is InChI=1S/C28H43NO6/c1-15-12-27-16(2)10-19-20(26(19,5)6)18(22(27)32)11-17(13-30)21(31)28(27,34)23(15)35-24(33)29-9-7-8-25(3,4)14-29/h11-12,16,18-23,30-32,34H,7-10,13-14H2,1-6H3/t16-,18+,19-,20+,21-,22?,23+,27+,28+/m1/s1. The van der Waals surface area contributed by atoms with Crippen LogP contribution in [0.5, 0.6) is 0 Å². The third-order valence-corrected chi connectivity index (χ3v) is 10.5.